The van der Waals surface area contributed by atoms with Crippen LogP contribution in [0.15, 0.2) is 79.9 Å². The topological polar surface area (TPSA) is 18.5 Å². The van der Waals surface area contributed by atoms with Crippen molar-refractivity contribution in [2.24, 2.45) is 0 Å². The van der Waals surface area contributed by atoms with Crippen LogP contribution in [0.1, 0.15) is 17.5 Å². The number of alkyl halides is 2. The molecule has 5 heteroatoms. The first-order valence-corrected chi connectivity index (χ1v) is 9.17. The van der Waals surface area contributed by atoms with Gasteiger partial charge in [-0.3, -0.25) is 0 Å². The molecule has 29 heavy (non-hydrogen) atoms. The van der Waals surface area contributed by atoms with Crippen LogP contribution in [0.2, 0.25) is 0 Å². The Bertz CT molecular complexity index is 1010. The van der Waals surface area contributed by atoms with Gasteiger partial charge < -0.3 is 9.47 Å². The molecule has 0 N–H and O–H groups in total. The van der Waals surface area contributed by atoms with Crippen LogP contribution in [0, 0.1) is 5.82 Å². The van der Waals surface area contributed by atoms with E-state index in [4.69, 9.17) is 9.47 Å². The lowest BCUT2D eigenvalue weighted by atomic mass is 10.1. The van der Waals surface area contributed by atoms with E-state index in [0.717, 1.165) is 18.4 Å². The Morgan fingerprint density at radius 1 is 0.897 bits per heavy atom. The van der Waals surface area contributed by atoms with E-state index >= 15 is 0 Å². The van der Waals surface area contributed by atoms with Crippen molar-refractivity contribution in [3.8, 4) is 11.5 Å². The third-order valence-electron chi connectivity index (χ3n) is 4.39. The summed E-state index contributed by atoms with van der Waals surface area (Å²) in [6.45, 7) is 7.34. The Morgan fingerprint density at radius 3 is 2.34 bits per heavy atom. The molecule has 0 saturated heterocycles. The summed E-state index contributed by atoms with van der Waals surface area (Å²) in [7, 11) is 0. The van der Waals surface area contributed by atoms with E-state index in [-0.39, 0.29) is 23.7 Å². The summed E-state index contributed by atoms with van der Waals surface area (Å²) in [4.78, 5) is 0. The number of hydrogen-bond acceptors (Lipinski definition) is 2. The largest absolute Gasteiger partial charge is 0.486 e. The summed E-state index contributed by atoms with van der Waals surface area (Å²) in [6, 6.07) is 13.1. The molecule has 3 rings (SSSR count). The molecule has 0 spiro atoms. The molecule has 2 nitrogen and oxygen atoms in total. The predicted octanol–water partition coefficient (Wildman–Crippen LogP) is 6.79. The molecule has 0 atom stereocenters. The number of benzene rings is 3. The maximum Gasteiger partial charge on any atom is 0.426 e. The van der Waals surface area contributed by atoms with Gasteiger partial charge in [0, 0.05) is 0 Å². The summed E-state index contributed by atoms with van der Waals surface area (Å²) in [5, 5.41) is 1.08. The van der Waals surface area contributed by atoms with Gasteiger partial charge in [-0.15, -0.1) is 6.58 Å². The first-order valence-electron chi connectivity index (χ1n) is 9.17. The first-order chi connectivity index (χ1) is 13.9. The highest BCUT2D eigenvalue weighted by molar-refractivity contribution is 5.85. The summed E-state index contributed by atoms with van der Waals surface area (Å²) >= 11 is 0. The summed E-state index contributed by atoms with van der Waals surface area (Å²) in [6.07, 6.45) is 1.29. The normalized spacial score (nSPS) is 11.3. The molecular formula is C24H21F3O2. The van der Waals surface area contributed by atoms with Gasteiger partial charge in [0.05, 0.1) is 5.56 Å². The van der Waals surface area contributed by atoms with Gasteiger partial charge in [0.1, 0.15) is 12.4 Å². The molecule has 0 radical (unpaired) electrons. The van der Waals surface area contributed by atoms with Crippen LogP contribution in [-0.2, 0) is 12.5 Å². The second-order valence-electron chi connectivity index (χ2n) is 6.53. The van der Waals surface area contributed by atoms with Crippen LogP contribution in [0.4, 0.5) is 13.2 Å². The highest BCUT2D eigenvalue weighted by Crippen LogP contribution is 2.34. The highest BCUT2D eigenvalue weighted by Gasteiger charge is 2.34. The first kappa shape index (κ1) is 20.5. The molecule has 0 fully saturated rings. The lowest BCUT2D eigenvalue weighted by Gasteiger charge is -2.19. The fraction of sp³-hybridized carbons (Fsp3) is 0.167. The fourth-order valence-corrected chi connectivity index (χ4v) is 2.89. The molecule has 0 saturated carbocycles. The standard InChI is InChI=1S/C24H21F3O2/c1-3-5-6-17-7-10-20(11-8-17)24(26,27)29-21-12-9-18-16-23(28-13-4-2)22(25)15-19(18)14-21/h3-4,7-12,14-16H,1-2,5-6,13H2. The maximum absolute atomic E-state index is 14.6. The van der Waals surface area contributed by atoms with Crippen molar-refractivity contribution >= 4 is 10.8 Å². The van der Waals surface area contributed by atoms with E-state index in [1.807, 2.05) is 0 Å². The van der Waals surface area contributed by atoms with Gasteiger partial charge in [-0.1, -0.05) is 36.9 Å². The number of fused-ring (bicyclic) bond motifs is 1. The van der Waals surface area contributed by atoms with E-state index in [0.29, 0.717) is 10.8 Å². The van der Waals surface area contributed by atoms with E-state index in [1.165, 1.54) is 42.5 Å². The Morgan fingerprint density at radius 2 is 1.66 bits per heavy atom. The van der Waals surface area contributed by atoms with Crippen LogP contribution in [0.3, 0.4) is 0 Å². The predicted molar refractivity (Wildman–Crippen MR) is 109 cm³/mol. The monoisotopic (exact) mass is 398 g/mol. The van der Waals surface area contributed by atoms with Crippen molar-refractivity contribution in [2.45, 2.75) is 19.0 Å². The number of allylic oxidation sites excluding steroid dienone is 1. The van der Waals surface area contributed by atoms with Crippen molar-refractivity contribution < 1.29 is 22.6 Å². The third kappa shape index (κ3) is 4.99. The highest BCUT2D eigenvalue weighted by atomic mass is 19.3. The second-order valence-corrected chi connectivity index (χ2v) is 6.53. The molecule has 3 aromatic carbocycles. The molecule has 0 aromatic heterocycles. The molecule has 0 bridgehead atoms. The Hall–Kier alpha value is -3.21. The molecule has 0 aliphatic rings. The lowest BCUT2D eigenvalue weighted by Crippen LogP contribution is -2.21. The fourth-order valence-electron chi connectivity index (χ4n) is 2.89. The van der Waals surface area contributed by atoms with Crippen molar-refractivity contribution in [1.82, 2.24) is 0 Å². The van der Waals surface area contributed by atoms with Gasteiger partial charge in [-0.25, -0.2) is 4.39 Å². The molecule has 0 heterocycles. The van der Waals surface area contributed by atoms with E-state index in [9.17, 15) is 13.2 Å². The van der Waals surface area contributed by atoms with Crippen molar-refractivity contribution in [2.75, 3.05) is 6.61 Å². The van der Waals surface area contributed by atoms with Gasteiger partial charge in [0.25, 0.3) is 0 Å². The Balaban J connectivity index is 1.80. The maximum atomic E-state index is 14.6. The van der Waals surface area contributed by atoms with E-state index in [1.54, 1.807) is 24.3 Å². The van der Waals surface area contributed by atoms with Crippen molar-refractivity contribution in [3.05, 3.63) is 96.9 Å². The van der Waals surface area contributed by atoms with Gasteiger partial charge >= 0.3 is 6.11 Å². The lowest BCUT2D eigenvalue weighted by molar-refractivity contribution is -0.185. The SMILES string of the molecule is C=CCCc1ccc(C(F)(F)Oc2ccc3cc(OCC=C)c(F)cc3c2)cc1. The van der Waals surface area contributed by atoms with Gasteiger partial charge in [-0.2, -0.15) is 8.78 Å². The van der Waals surface area contributed by atoms with Gasteiger partial charge in [0.2, 0.25) is 0 Å². The Kier molecular flexibility index (Phi) is 6.27. The van der Waals surface area contributed by atoms with Crippen LogP contribution < -0.4 is 9.47 Å². The zero-order valence-electron chi connectivity index (χ0n) is 15.8. The molecule has 0 amide bonds. The van der Waals surface area contributed by atoms with Crippen LogP contribution >= 0.6 is 0 Å². The number of halogens is 3. The van der Waals surface area contributed by atoms with Gasteiger partial charge in [0.15, 0.2) is 11.6 Å². The van der Waals surface area contributed by atoms with E-state index < -0.39 is 11.9 Å². The van der Waals surface area contributed by atoms with Crippen molar-refractivity contribution in [3.63, 3.8) is 0 Å². The molecule has 0 aliphatic carbocycles. The average Bonchev–Trinajstić information content (AvgIpc) is 2.70. The molecule has 0 aliphatic heterocycles. The van der Waals surface area contributed by atoms with Gasteiger partial charge in [-0.05, 0) is 65.6 Å². The summed E-state index contributed by atoms with van der Waals surface area (Å²) < 4.78 is 53.5. The summed E-state index contributed by atoms with van der Waals surface area (Å²) in [5.74, 6) is -0.566. The van der Waals surface area contributed by atoms with Crippen LogP contribution in [0.25, 0.3) is 10.8 Å². The number of rotatable bonds is 9. The minimum absolute atomic E-state index is 0.0580. The van der Waals surface area contributed by atoms with Crippen LogP contribution in [0.5, 0.6) is 11.5 Å². The Labute approximate surface area is 167 Å². The molecule has 3 aromatic rings. The van der Waals surface area contributed by atoms with E-state index in [2.05, 4.69) is 13.2 Å². The zero-order valence-corrected chi connectivity index (χ0v) is 15.8. The minimum Gasteiger partial charge on any atom is -0.486 e. The average molecular weight is 398 g/mol. The molecule has 0 unspecified atom stereocenters. The van der Waals surface area contributed by atoms with Crippen molar-refractivity contribution in [1.29, 1.82) is 0 Å². The zero-order chi connectivity index (χ0) is 20.9. The third-order valence-corrected chi connectivity index (χ3v) is 4.39. The number of ether oxygens (including phenoxy) is 2. The number of aryl methyl sites for hydroxylation is 1. The number of hydrogen-bond donors (Lipinski definition) is 0. The molecular weight excluding hydrogens is 377 g/mol. The second kappa shape index (κ2) is 8.86. The summed E-state index contributed by atoms with van der Waals surface area (Å²) in [5.41, 5.74) is 0.694. The minimum atomic E-state index is -3.52. The molecule has 150 valence electrons. The smallest absolute Gasteiger partial charge is 0.426 e. The van der Waals surface area contributed by atoms with Crippen LogP contribution in [-0.4, -0.2) is 6.61 Å². The quantitative estimate of drug-likeness (QED) is 0.370.